The van der Waals surface area contributed by atoms with Crippen LogP contribution in [0.1, 0.15) is 41.4 Å². The summed E-state index contributed by atoms with van der Waals surface area (Å²) in [4.78, 5) is 47.5. The maximum absolute atomic E-state index is 13.7. The number of phenolic OH excluding ortho intramolecular Hbond substituents is 4. The zero-order valence-electron chi connectivity index (χ0n) is 51.8. The van der Waals surface area contributed by atoms with E-state index in [1.54, 1.807) is 121 Å². The minimum absolute atomic E-state index is 0. The van der Waals surface area contributed by atoms with E-state index in [9.17, 15) is 57.2 Å². The number of carbonyl (C=O) groups is 4. The maximum atomic E-state index is 13.7. The SMILES string of the molecule is COCCOC(=O)c1cc(F)cc(-c2ccccc2)c1O.COCCOC(=O)c1cc(F)cc(-c2ccccc2)c1O.COCCOC(=O)c1cc(F)cc(-c2ccccc2)c1O.COCCOC(=O)c1cc(F)cc(-c2ccccc2)c1O.F.F.F.F.F.F.F.F.F.F.F.F.[O]=[V]. The molecule has 98 heavy (non-hydrogen) atoms. The third kappa shape index (κ3) is 32.6. The first kappa shape index (κ1) is 107. The van der Waals surface area contributed by atoms with Crippen molar-refractivity contribution in [2.45, 2.75) is 0 Å². The van der Waals surface area contributed by atoms with E-state index >= 15 is 0 Å². The first-order chi connectivity index (χ1) is 41.5. The number of methoxy groups -OCH3 is 4. The Hall–Kier alpha value is -10.1. The summed E-state index contributed by atoms with van der Waals surface area (Å²) in [6.45, 7) is 1.05. The average molecular weight is 1470 g/mol. The molecule has 0 aliphatic carbocycles. The molecule has 0 unspecified atom stereocenters. The Kier molecular flexibility index (Phi) is 62.3. The van der Waals surface area contributed by atoms with Crippen molar-refractivity contribution in [1.82, 2.24) is 0 Å². The number of phenols is 4. The van der Waals surface area contributed by atoms with E-state index in [1.165, 1.54) is 52.7 Å². The summed E-state index contributed by atoms with van der Waals surface area (Å²) in [7, 11) is 5.89. The quantitative estimate of drug-likeness (QED) is 0.0240. The fourth-order valence-electron chi connectivity index (χ4n) is 7.55. The van der Waals surface area contributed by atoms with Crippen molar-refractivity contribution < 1.29 is 173 Å². The Morgan fingerprint density at radius 1 is 0.286 bits per heavy atom. The summed E-state index contributed by atoms with van der Waals surface area (Å²) in [5, 5.41) is 40.8. The molecule has 0 amide bonds. The number of carbonyl (C=O) groups excluding carboxylic acids is 4. The van der Waals surface area contributed by atoms with Crippen LogP contribution in [0.3, 0.4) is 0 Å². The van der Waals surface area contributed by atoms with Gasteiger partial charge in [-0.3, -0.25) is 56.5 Å². The Bertz CT molecular complexity index is 3020. The molecule has 4 N–H and O–H groups in total. The number of rotatable bonds is 20. The number of halogens is 16. The van der Waals surface area contributed by atoms with Gasteiger partial charge < -0.3 is 58.3 Å². The summed E-state index contributed by atoms with van der Waals surface area (Å²) in [6.07, 6.45) is 0. The normalized spacial score (nSPS) is 8.93. The molecule has 0 saturated heterocycles. The molecule has 8 rings (SSSR count). The van der Waals surface area contributed by atoms with Crippen LogP contribution in [0.5, 0.6) is 23.0 Å². The van der Waals surface area contributed by atoms with E-state index in [2.05, 4.69) is 0 Å². The zero-order valence-corrected chi connectivity index (χ0v) is 53.2. The van der Waals surface area contributed by atoms with Crippen molar-refractivity contribution in [3.05, 3.63) is 215 Å². The van der Waals surface area contributed by atoms with Crippen molar-refractivity contribution >= 4 is 23.9 Å². The second kappa shape index (κ2) is 57.2. The van der Waals surface area contributed by atoms with Gasteiger partial charge in [0.25, 0.3) is 0 Å². The molecule has 0 heterocycles. The fourth-order valence-corrected chi connectivity index (χ4v) is 7.55. The Balaban J connectivity index is -0.000000147. The molecule has 0 aliphatic heterocycles. The first-order valence-corrected chi connectivity index (χ1v) is 26.2. The van der Waals surface area contributed by atoms with Crippen LogP contribution in [0.15, 0.2) is 170 Å². The number of hydrogen-bond acceptors (Lipinski definition) is 17. The molecule has 8 aromatic rings. The summed E-state index contributed by atoms with van der Waals surface area (Å²) in [5.74, 6) is -6.85. The molecule has 0 aliphatic rings. The van der Waals surface area contributed by atoms with Crippen LogP contribution in [0.2, 0.25) is 0 Å². The van der Waals surface area contributed by atoms with Crippen molar-refractivity contribution in [2.24, 2.45) is 0 Å². The van der Waals surface area contributed by atoms with E-state index in [4.69, 9.17) is 41.6 Å². The van der Waals surface area contributed by atoms with Crippen LogP contribution < -0.4 is 0 Å². The summed E-state index contributed by atoms with van der Waals surface area (Å²) in [5.41, 5.74) is 2.61. The molecule has 0 fully saturated rings. The van der Waals surface area contributed by atoms with E-state index < -0.39 is 47.1 Å². The van der Waals surface area contributed by atoms with Crippen molar-refractivity contribution in [3.63, 3.8) is 0 Å². The minimum atomic E-state index is -0.791. The van der Waals surface area contributed by atoms with Gasteiger partial charge in [-0.25, -0.2) is 36.7 Å². The molecule has 0 radical (unpaired) electrons. The van der Waals surface area contributed by atoms with E-state index in [-0.39, 0.29) is 177 Å². The van der Waals surface area contributed by atoms with E-state index in [0.717, 1.165) is 41.6 Å². The molecular formula is C64H72F16O17V. The van der Waals surface area contributed by atoms with Crippen LogP contribution in [-0.2, 0) is 58.9 Å². The second-order valence-electron chi connectivity index (χ2n) is 17.4. The molecule has 0 spiro atoms. The summed E-state index contributed by atoms with van der Waals surface area (Å²) in [6, 6.07) is 43.6. The van der Waals surface area contributed by atoms with Crippen LogP contribution in [-0.4, -0.2) is 126 Å². The van der Waals surface area contributed by atoms with Gasteiger partial charge in [0.15, 0.2) is 0 Å². The predicted octanol–water partition coefficient (Wildman–Crippen LogP) is 13.7. The standard InChI is InChI=1S/4C16H15FO4.12FH.O.V/c4*1-20-7-8-21-16(19)14-10-12(17)9-13(15(14)18)11-5-3-2-4-6-11;;;;;;;;;;;;;;/h4*2-6,9-10,18H,7-8H2,1H3;12*1H;;. The Labute approximate surface area is 558 Å². The van der Waals surface area contributed by atoms with Crippen molar-refractivity contribution in [3.8, 4) is 67.5 Å². The Morgan fingerprint density at radius 2 is 0.439 bits per heavy atom. The van der Waals surface area contributed by atoms with Crippen molar-refractivity contribution in [1.29, 1.82) is 0 Å². The molecule has 34 heteroatoms. The molecule has 8 aromatic carbocycles. The van der Waals surface area contributed by atoms with Gasteiger partial charge in [0.2, 0.25) is 0 Å². The first-order valence-electron chi connectivity index (χ1n) is 25.7. The van der Waals surface area contributed by atoms with Gasteiger partial charge in [-0.15, -0.1) is 0 Å². The van der Waals surface area contributed by atoms with Gasteiger partial charge in [-0.05, 0) is 70.8 Å². The van der Waals surface area contributed by atoms with Crippen LogP contribution >= 0.6 is 0 Å². The molecule has 0 aromatic heterocycles. The van der Waals surface area contributed by atoms with E-state index in [1.807, 2.05) is 0 Å². The average Bonchev–Trinajstić information content (AvgIpc) is 0.836. The van der Waals surface area contributed by atoms with E-state index in [0.29, 0.717) is 22.3 Å². The van der Waals surface area contributed by atoms with Gasteiger partial charge >= 0.3 is 44.9 Å². The summed E-state index contributed by atoms with van der Waals surface area (Å²) >= 11 is 1.06. The molecule has 0 atom stereocenters. The van der Waals surface area contributed by atoms with Gasteiger partial charge in [0.1, 0.15) is 94.9 Å². The number of esters is 4. The molecule has 0 saturated carbocycles. The topological polar surface area (TPSA) is 240 Å². The van der Waals surface area contributed by atoms with Crippen molar-refractivity contribution in [2.75, 3.05) is 81.3 Å². The second-order valence-corrected chi connectivity index (χ2v) is 17.4. The van der Waals surface area contributed by atoms with Crippen LogP contribution in [0.25, 0.3) is 44.5 Å². The fraction of sp³-hybridized carbons (Fsp3) is 0.188. The Morgan fingerprint density at radius 3 is 0.582 bits per heavy atom. The monoisotopic (exact) mass is 1470 g/mol. The third-order valence-electron chi connectivity index (χ3n) is 11.6. The number of hydrogen-bond donors (Lipinski definition) is 4. The van der Waals surface area contributed by atoms with Gasteiger partial charge in [-0.2, -0.15) is 0 Å². The third-order valence-corrected chi connectivity index (χ3v) is 11.6. The van der Waals surface area contributed by atoms with Crippen LogP contribution in [0, 0.1) is 23.3 Å². The van der Waals surface area contributed by atoms with Gasteiger partial charge in [-0.1, -0.05) is 121 Å². The molecule has 17 nitrogen and oxygen atoms in total. The van der Waals surface area contributed by atoms with Gasteiger partial charge in [0.05, 0.1) is 26.4 Å². The van der Waals surface area contributed by atoms with Gasteiger partial charge in [0, 0.05) is 50.7 Å². The number of ether oxygens (including phenoxy) is 8. The van der Waals surface area contributed by atoms with Crippen LogP contribution in [0.4, 0.5) is 74.0 Å². The predicted molar refractivity (Wildman–Crippen MR) is 333 cm³/mol. The summed E-state index contributed by atoms with van der Waals surface area (Å²) < 4.78 is 102. The molecular weight excluding hydrogens is 1400 g/mol. The molecule has 547 valence electrons. The number of aromatic hydroxyl groups is 4. The zero-order chi connectivity index (χ0) is 63.0. The molecule has 0 bridgehead atoms. The number of benzene rings is 8.